The number of hydrogen-bond donors (Lipinski definition) is 1. The van der Waals surface area contributed by atoms with E-state index in [0.717, 1.165) is 10.9 Å². The van der Waals surface area contributed by atoms with Crippen LogP contribution in [0.15, 0.2) is 95.0 Å². The van der Waals surface area contributed by atoms with Gasteiger partial charge in [0.25, 0.3) is 10.0 Å². The van der Waals surface area contributed by atoms with Gasteiger partial charge in [0.15, 0.2) is 11.3 Å². The van der Waals surface area contributed by atoms with E-state index in [4.69, 9.17) is 0 Å². The molecule has 0 radical (unpaired) electrons. The fourth-order valence-corrected chi connectivity index (χ4v) is 8.58. The summed E-state index contributed by atoms with van der Waals surface area (Å²) in [6.45, 7) is 1.90. The second-order valence-corrected chi connectivity index (χ2v) is 14.0. The lowest BCUT2D eigenvalue weighted by molar-refractivity contribution is 0.547. The Morgan fingerprint density at radius 1 is 0.878 bits per heavy atom. The number of rotatable bonds is 6. The van der Waals surface area contributed by atoms with Crippen molar-refractivity contribution in [3.63, 3.8) is 0 Å². The van der Waals surface area contributed by atoms with Crippen LogP contribution in [0, 0.1) is 6.92 Å². The summed E-state index contributed by atoms with van der Waals surface area (Å²) in [5.41, 5.74) is 2.30. The normalized spacial score (nSPS) is 18.1. The molecule has 208 valence electrons. The third-order valence-electron chi connectivity index (χ3n) is 7.80. The number of nitrogens with one attached hydrogen (secondary N) is 1. The molecule has 1 N–H and O–H groups in total. The Hall–Kier alpha value is -4.13. The van der Waals surface area contributed by atoms with Crippen LogP contribution in [-0.2, 0) is 20.0 Å². The van der Waals surface area contributed by atoms with Gasteiger partial charge in [0.2, 0.25) is 10.0 Å². The number of benzene rings is 3. The monoisotopic (exact) mass is 586 g/mol. The number of sulfonamides is 1. The highest BCUT2D eigenvalue weighted by molar-refractivity contribution is 7.90. The third kappa shape index (κ3) is 4.30. The topological polar surface area (TPSA) is 128 Å². The molecule has 1 aliphatic carbocycles. The summed E-state index contributed by atoms with van der Waals surface area (Å²) in [6.07, 6.45) is 4.88. The van der Waals surface area contributed by atoms with Crippen molar-refractivity contribution >= 4 is 47.6 Å². The zero-order chi connectivity index (χ0) is 28.4. The first-order valence-corrected chi connectivity index (χ1v) is 16.2. The quantitative estimate of drug-likeness (QED) is 0.307. The number of hydrogen-bond acceptors (Lipinski definition) is 7. The van der Waals surface area contributed by atoms with Crippen LogP contribution in [0.3, 0.4) is 0 Å². The van der Waals surface area contributed by atoms with Crippen LogP contribution in [0.4, 0.5) is 0 Å². The first-order valence-electron chi connectivity index (χ1n) is 13.3. The van der Waals surface area contributed by atoms with Gasteiger partial charge in [-0.3, -0.25) is 4.40 Å². The molecule has 12 heteroatoms. The highest BCUT2D eigenvalue weighted by Gasteiger charge is 2.33. The minimum Gasteiger partial charge on any atom is -0.274 e. The Bertz CT molecular complexity index is 2170. The van der Waals surface area contributed by atoms with Gasteiger partial charge in [-0.25, -0.2) is 30.5 Å². The largest absolute Gasteiger partial charge is 0.274 e. The minimum atomic E-state index is -3.87. The number of fused-ring (bicyclic) bond motifs is 4. The third-order valence-corrected chi connectivity index (χ3v) is 11.1. The highest BCUT2D eigenvalue weighted by atomic mass is 32.2. The van der Waals surface area contributed by atoms with Crippen LogP contribution in [0.1, 0.15) is 36.6 Å². The van der Waals surface area contributed by atoms with Gasteiger partial charge in [0.05, 0.1) is 21.5 Å². The SMILES string of the molecule is Cc1ccc(S(=O)(=O)n2ccc3c2ncc2nnc([C@@H]4CC[C@H](NS(=O)(=O)c5cccc6ccccc56)C4)n23)cc1. The minimum absolute atomic E-state index is 0.0760. The smallest absolute Gasteiger partial charge is 0.269 e. The van der Waals surface area contributed by atoms with Gasteiger partial charge < -0.3 is 0 Å². The average Bonchev–Trinajstić information content (AvgIpc) is 3.70. The van der Waals surface area contributed by atoms with Crippen molar-refractivity contribution in [3.8, 4) is 0 Å². The predicted molar refractivity (Wildman–Crippen MR) is 155 cm³/mol. The molecule has 6 aromatic rings. The van der Waals surface area contributed by atoms with Crippen molar-refractivity contribution in [3.05, 3.63) is 96.6 Å². The number of aromatic nitrogens is 5. The van der Waals surface area contributed by atoms with Gasteiger partial charge in [-0.2, -0.15) is 0 Å². The first kappa shape index (κ1) is 25.8. The maximum atomic E-state index is 13.4. The molecule has 1 fully saturated rings. The molecule has 0 saturated heterocycles. The van der Waals surface area contributed by atoms with Crippen LogP contribution in [0.25, 0.3) is 27.6 Å². The molecule has 0 unspecified atom stereocenters. The van der Waals surface area contributed by atoms with Gasteiger partial charge in [0, 0.05) is 23.5 Å². The van der Waals surface area contributed by atoms with Gasteiger partial charge in [-0.05, 0) is 55.8 Å². The van der Waals surface area contributed by atoms with E-state index >= 15 is 0 Å². The molecule has 41 heavy (non-hydrogen) atoms. The average molecular weight is 587 g/mol. The summed E-state index contributed by atoms with van der Waals surface area (Å²) in [4.78, 5) is 4.84. The molecule has 0 spiro atoms. The van der Waals surface area contributed by atoms with Crippen molar-refractivity contribution in [1.82, 2.24) is 28.3 Å². The molecule has 10 nitrogen and oxygen atoms in total. The lowest BCUT2D eigenvalue weighted by atomic mass is 10.1. The highest BCUT2D eigenvalue weighted by Crippen LogP contribution is 2.36. The molecule has 2 atom stereocenters. The van der Waals surface area contributed by atoms with E-state index in [1.807, 2.05) is 41.7 Å². The lowest BCUT2D eigenvalue weighted by Crippen LogP contribution is -2.33. The standard InChI is InChI=1S/C29H26N6O4S2/c1-19-9-13-23(14-10-19)41(38,39)34-16-15-25-29(34)30-18-27-31-32-28(35(25)27)21-11-12-22(17-21)33-40(36,37)26-8-4-6-20-5-2-3-7-24(20)26/h2-10,13-16,18,21-22,33H,11-12,17H2,1H3/t21-,22+/m1/s1. The van der Waals surface area contributed by atoms with E-state index in [0.29, 0.717) is 41.6 Å². The Morgan fingerprint density at radius 2 is 1.66 bits per heavy atom. The molecule has 1 saturated carbocycles. The molecule has 3 aromatic carbocycles. The molecule has 3 aromatic heterocycles. The van der Waals surface area contributed by atoms with E-state index in [2.05, 4.69) is 19.9 Å². The summed E-state index contributed by atoms with van der Waals surface area (Å²) < 4.78 is 59.6. The zero-order valence-corrected chi connectivity index (χ0v) is 23.7. The molecule has 7 rings (SSSR count). The molecular weight excluding hydrogens is 560 g/mol. The van der Waals surface area contributed by atoms with E-state index in [1.165, 1.54) is 16.4 Å². The van der Waals surface area contributed by atoms with E-state index in [1.54, 1.807) is 42.5 Å². The summed E-state index contributed by atoms with van der Waals surface area (Å²) in [5, 5.41) is 10.3. The fraction of sp³-hybridized carbons (Fsp3) is 0.207. The molecule has 0 bridgehead atoms. The number of aryl methyl sites for hydroxylation is 1. The summed E-state index contributed by atoms with van der Waals surface area (Å²) in [5.74, 6) is 0.581. The fourth-order valence-electron chi connectivity index (χ4n) is 5.77. The van der Waals surface area contributed by atoms with Gasteiger partial charge >= 0.3 is 0 Å². The van der Waals surface area contributed by atoms with E-state index < -0.39 is 20.0 Å². The molecule has 0 aliphatic heterocycles. The van der Waals surface area contributed by atoms with Crippen molar-refractivity contribution < 1.29 is 16.8 Å². The van der Waals surface area contributed by atoms with Crippen molar-refractivity contribution in [2.45, 2.75) is 47.9 Å². The lowest BCUT2D eigenvalue weighted by Gasteiger charge is -2.15. The molecule has 1 aliphatic rings. The second-order valence-electron chi connectivity index (χ2n) is 10.5. The van der Waals surface area contributed by atoms with Crippen LogP contribution in [0.2, 0.25) is 0 Å². The van der Waals surface area contributed by atoms with Crippen LogP contribution in [-0.4, -0.2) is 46.4 Å². The second kappa shape index (κ2) is 9.47. The Balaban J connectivity index is 1.20. The Kier molecular flexibility index (Phi) is 5.96. The van der Waals surface area contributed by atoms with Crippen molar-refractivity contribution in [2.24, 2.45) is 0 Å². The maximum Gasteiger partial charge on any atom is 0.269 e. The molecule has 0 amide bonds. The Labute approximate surface area is 236 Å². The van der Waals surface area contributed by atoms with Crippen LogP contribution in [0.5, 0.6) is 0 Å². The van der Waals surface area contributed by atoms with Crippen LogP contribution < -0.4 is 4.72 Å². The molecular formula is C29H26N6O4S2. The van der Waals surface area contributed by atoms with Crippen molar-refractivity contribution in [1.29, 1.82) is 0 Å². The van der Waals surface area contributed by atoms with Crippen LogP contribution >= 0.6 is 0 Å². The van der Waals surface area contributed by atoms with Gasteiger partial charge in [-0.15, -0.1) is 10.2 Å². The maximum absolute atomic E-state index is 13.4. The van der Waals surface area contributed by atoms with E-state index in [9.17, 15) is 16.8 Å². The first-order chi connectivity index (χ1) is 19.7. The number of nitrogens with zero attached hydrogens (tertiary/aromatic N) is 5. The summed E-state index contributed by atoms with van der Waals surface area (Å²) >= 11 is 0. The zero-order valence-electron chi connectivity index (χ0n) is 22.0. The Morgan fingerprint density at radius 3 is 2.49 bits per heavy atom. The molecule has 3 heterocycles. The van der Waals surface area contributed by atoms with Crippen molar-refractivity contribution in [2.75, 3.05) is 0 Å². The summed E-state index contributed by atoms with van der Waals surface area (Å²) in [7, 11) is -7.63. The van der Waals surface area contributed by atoms with Gasteiger partial charge in [-0.1, -0.05) is 54.1 Å². The predicted octanol–water partition coefficient (Wildman–Crippen LogP) is 4.39. The van der Waals surface area contributed by atoms with E-state index in [-0.39, 0.29) is 27.4 Å². The van der Waals surface area contributed by atoms with Gasteiger partial charge in [0.1, 0.15) is 5.82 Å². The summed E-state index contributed by atoms with van der Waals surface area (Å²) in [6, 6.07) is 20.8.